The Labute approximate surface area is 225 Å². The van der Waals surface area contributed by atoms with Crippen molar-refractivity contribution in [3.05, 3.63) is 100 Å². The first-order chi connectivity index (χ1) is 18.6. The second-order valence-corrected chi connectivity index (χ2v) is 9.71. The lowest BCUT2D eigenvalue weighted by molar-refractivity contribution is -0.137. The number of carbonyl (C=O) groups excluding carboxylic acids is 2. The summed E-state index contributed by atoms with van der Waals surface area (Å²) < 4.78 is 51.9. The number of benzene rings is 3. The molecule has 1 fully saturated rings. The van der Waals surface area contributed by atoms with E-state index in [1.165, 1.54) is 38.8 Å². The van der Waals surface area contributed by atoms with E-state index in [9.17, 15) is 22.8 Å². The van der Waals surface area contributed by atoms with E-state index in [0.717, 1.165) is 43.4 Å². The summed E-state index contributed by atoms with van der Waals surface area (Å²) in [5, 5.41) is 2.73. The average molecular weight is 541 g/mol. The Kier molecular flexibility index (Phi) is 8.18. The number of primary amides is 1. The summed E-state index contributed by atoms with van der Waals surface area (Å²) in [5.74, 6) is -0.215. The molecule has 0 aliphatic heterocycles. The number of hydrogen-bond acceptors (Lipinski definition) is 4. The van der Waals surface area contributed by atoms with Gasteiger partial charge in [-0.15, -0.1) is 0 Å². The number of methoxy groups -OCH3 is 2. The van der Waals surface area contributed by atoms with E-state index >= 15 is 0 Å². The molecule has 0 radical (unpaired) electrons. The number of esters is 1. The Morgan fingerprint density at radius 3 is 1.90 bits per heavy atom. The number of amides is 2. The van der Waals surface area contributed by atoms with Gasteiger partial charge in [0.15, 0.2) is 0 Å². The molecule has 1 atom stereocenters. The third-order valence-corrected chi connectivity index (χ3v) is 7.37. The standard InChI is InChI=1S/C30H31F3N2O4/c1-38-26-17-24(16-25(18-26)30(31,32)33)29(35-28(34)37,23-14-10-21(11-15-23)27(36)39-2)22-12-8-20(9-13-22)19-6-4-3-5-7-19/h8-19H,3-7H2,1-2H3,(H3,34,35,37). The van der Waals surface area contributed by atoms with Gasteiger partial charge in [0.1, 0.15) is 11.3 Å². The number of urea groups is 1. The van der Waals surface area contributed by atoms with Crippen molar-refractivity contribution < 1.29 is 32.2 Å². The summed E-state index contributed by atoms with van der Waals surface area (Å²) in [4.78, 5) is 24.6. The SMILES string of the molecule is COC(=O)c1ccc(C(NC(N)=O)(c2ccc(C3CCCCC3)cc2)c2cc(OC)cc(C(F)(F)F)c2)cc1. The van der Waals surface area contributed by atoms with Crippen LogP contribution in [0.4, 0.5) is 18.0 Å². The van der Waals surface area contributed by atoms with Crippen molar-refractivity contribution in [2.45, 2.75) is 49.7 Å². The molecule has 1 aliphatic carbocycles. The van der Waals surface area contributed by atoms with Crippen molar-refractivity contribution in [2.24, 2.45) is 5.73 Å². The molecule has 39 heavy (non-hydrogen) atoms. The van der Waals surface area contributed by atoms with Gasteiger partial charge in [0.25, 0.3) is 0 Å². The Morgan fingerprint density at radius 2 is 1.38 bits per heavy atom. The highest BCUT2D eigenvalue weighted by molar-refractivity contribution is 5.89. The highest BCUT2D eigenvalue weighted by atomic mass is 19.4. The lowest BCUT2D eigenvalue weighted by atomic mass is 9.75. The number of nitrogens with one attached hydrogen (secondary N) is 1. The zero-order valence-corrected chi connectivity index (χ0v) is 21.8. The molecule has 2 amide bonds. The number of ether oxygens (including phenoxy) is 2. The van der Waals surface area contributed by atoms with Gasteiger partial charge in [-0.3, -0.25) is 0 Å². The van der Waals surface area contributed by atoms with E-state index in [1.54, 1.807) is 24.3 Å². The van der Waals surface area contributed by atoms with Gasteiger partial charge in [0.05, 0.1) is 25.3 Å². The molecule has 3 N–H and O–H groups in total. The van der Waals surface area contributed by atoms with E-state index in [4.69, 9.17) is 15.2 Å². The van der Waals surface area contributed by atoms with Crippen molar-refractivity contribution in [3.8, 4) is 5.75 Å². The molecule has 9 heteroatoms. The van der Waals surface area contributed by atoms with Crippen LogP contribution < -0.4 is 15.8 Å². The Morgan fingerprint density at radius 1 is 0.821 bits per heavy atom. The maximum absolute atomic E-state index is 14.0. The minimum Gasteiger partial charge on any atom is -0.497 e. The van der Waals surface area contributed by atoms with Gasteiger partial charge in [-0.1, -0.05) is 55.7 Å². The van der Waals surface area contributed by atoms with Gasteiger partial charge in [-0.25, -0.2) is 9.59 Å². The van der Waals surface area contributed by atoms with Crippen molar-refractivity contribution in [3.63, 3.8) is 0 Å². The molecule has 3 aromatic carbocycles. The fourth-order valence-electron chi connectivity index (χ4n) is 5.41. The summed E-state index contributed by atoms with van der Waals surface area (Å²) in [7, 11) is 2.52. The normalized spacial score (nSPS) is 15.7. The number of halogens is 3. The van der Waals surface area contributed by atoms with Gasteiger partial charge in [0.2, 0.25) is 0 Å². The topological polar surface area (TPSA) is 90.6 Å². The monoisotopic (exact) mass is 540 g/mol. The number of hydrogen-bond donors (Lipinski definition) is 2. The van der Waals surface area contributed by atoms with Crippen LogP contribution in [0.25, 0.3) is 0 Å². The minimum absolute atomic E-state index is 0.0412. The van der Waals surface area contributed by atoms with E-state index in [0.29, 0.717) is 17.0 Å². The molecule has 0 saturated heterocycles. The van der Waals surface area contributed by atoms with Crippen LogP contribution in [0.1, 0.15) is 76.2 Å². The third kappa shape index (κ3) is 5.87. The lowest BCUT2D eigenvalue weighted by Crippen LogP contribution is -2.50. The second-order valence-electron chi connectivity index (χ2n) is 9.71. The highest BCUT2D eigenvalue weighted by Gasteiger charge is 2.41. The Hall–Kier alpha value is -4.01. The van der Waals surface area contributed by atoms with Crippen molar-refractivity contribution in [2.75, 3.05) is 14.2 Å². The van der Waals surface area contributed by atoms with E-state index < -0.39 is 29.3 Å². The first-order valence-electron chi connectivity index (χ1n) is 12.7. The summed E-state index contributed by atoms with van der Waals surface area (Å²) in [6, 6.07) is 16.0. The maximum Gasteiger partial charge on any atom is 0.416 e. The molecular formula is C30H31F3N2O4. The Bertz CT molecular complexity index is 1320. The number of carbonyl (C=O) groups is 2. The average Bonchev–Trinajstić information content (AvgIpc) is 2.95. The van der Waals surface area contributed by atoms with Crippen LogP contribution in [0, 0.1) is 0 Å². The second kappa shape index (κ2) is 11.4. The van der Waals surface area contributed by atoms with Crippen LogP contribution in [-0.4, -0.2) is 26.2 Å². The van der Waals surface area contributed by atoms with Crippen LogP contribution in [-0.2, 0) is 16.5 Å². The van der Waals surface area contributed by atoms with E-state index in [2.05, 4.69) is 5.32 Å². The third-order valence-electron chi connectivity index (χ3n) is 7.37. The molecule has 206 valence electrons. The predicted molar refractivity (Wildman–Crippen MR) is 141 cm³/mol. The molecule has 6 nitrogen and oxygen atoms in total. The summed E-state index contributed by atoms with van der Waals surface area (Å²) in [5.41, 5.74) is 5.41. The first-order valence-corrected chi connectivity index (χ1v) is 12.7. The zero-order valence-electron chi connectivity index (χ0n) is 21.8. The van der Waals surface area contributed by atoms with Gasteiger partial charge < -0.3 is 20.5 Å². The molecule has 0 heterocycles. The minimum atomic E-state index is -4.68. The van der Waals surface area contributed by atoms with Crippen molar-refractivity contribution >= 4 is 12.0 Å². The molecule has 1 saturated carbocycles. The van der Waals surface area contributed by atoms with Gasteiger partial charge in [-0.05, 0) is 71.3 Å². The fourth-order valence-corrected chi connectivity index (χ4v) is 5.41. The van der Waals surface area contributed by atoms with Crippen molar-refractivity contribution in [1.82, 2.24) is 5.32 Å². The van der Waals surface area contributed by atoms with Crippen LogP contribution in [0.3, 0.4) is 0 Å². The van der Waals surface area contributed by atoms with E-state index in [1.807, 2.05) is 12.1 Å². The molecule has 0 spiro atoms. The smallest absolute Gasteiger partial charge is 0.416 e. The lowest BCUT2D eigenvalue weighted by Gasteiger charge is -2.37. The molecule has 1 unspecified atom stereocenters. The molecule has 1 aliphatic rings. The number of nitrogens with two attached hydrogens (primary N) is 1. The molecule has 3 aromatic rings. The zero-order chi connectivity index (χ0) is 28.2. The molecule has 0 bridgehead atoms. The van der Waals surface area contributed by atoms with Gasteiger partial charge in [-0.2, -0.15) is 13.2 Å². The largest absolute Gasteiger partial charge is 0.497 e. The quantitative estimate of drug-likeness (QED) is 0.264. The molecule has 4 rings (SSSR count). The van der Waals surface area contributed by atoms with Gasteiger partial charge >= 0.3 is 18.2 Å². The Balaban J connectivity index is 1.97. The predicted octanol–water partition coefficient (Wildman–Crippen LogP) is 6.51. The van der Waals surface area contributed by atoms with Gasteiger partial charge in [0, 0.05) is 0 Å². The summed E-state index contributed by atoms with van der Waals surface area (Å²) in [6.45, 7) is 0. The maximum atomic E-state index is 14.0. The fraction of sp³-hybridized carbons (Fsp3) is 0.333. The summed E-state index contributed by atoms with van der Waals surface area (Å²) >= 11 is 0. The highest BCUT2D eigenvalue weighted by Crippen LogP contribution is 2.42. The van der Waals surface area contributed by atoms with Crippen LogP contribution >= 0.6 is 0 Å². The van der Waals surface area contributed by atoms with Crippen LogP contribution in [0.2, 0.25) is 0 Å². The van der Waals surface area contributed by atoms with Crippen LogP contribution in [0.15, 0.2) is 66.7 Å². The van der Waals surface area contributed by atoms with Crippen molar-refractivity contribution in [1.29, 1.82) is 0 Å². The number of alkyl halides is 3. The van der Waals surface area contributed by atoms with E-state index in [-0.39, 0.29) is 16.9 Å². The first kappa shape index (κ1) is 28.0. The molecule has 0 aromatic heterocycles. The molecular weight excluding hydrogens is 509 g/mol. The summed E-state index contributed by atoms with van der Waals surface area (Å²) in [6.07, 6.45) is 0.973. The van der Waals surface area contributed by atoms with Crippen LogP contribution in [0.5, 0.6) is 5.75 Å². The number of rotatable bonds is 7.